The van der Waals surface area contributed by atoms with Crippen molar-refractivity contribution < 1.29 is 14.3 Å². The van der Waals surface area contributed by atoms with Gasteiger partial charge in [-0.3, -0.25) is 15.6 Å². The molecule has 0 fully saturated rings. The number of nitrogens with zero attached hydrogens (tertiary/aromatic N) is 2. The van der Waals surface area contributed by atoms with Crippen molar-refractivity contribution in [2.45, 2.75) is 0 Å². The zero-order valence-electron chi connectivity index (χ0n) is 15.4. The van der Waals surface area contributed by atoms with Crippen molar-refractivity contribution in [2.75, 3.05) is 30.7 Å². The van der Waals surface area contributed by atoms with Crippen molar-refractivity contribution >= 4 is 28.9 Å². The first kappa shape index (κ1) is 18.8. The number of methoxy groups -OCH3 is 2. The van der Waals surface area contributed by atoms with E-state index in [2.05, 4.69) is 26.1 Å². The second-order valence-corrected chi connectivity index (χ2v) is 5.59. The molecule has 0 aliphatic carbocycles. The van der Waals surface area contributed by atoms with Gasteiger partial charge in [-0.05, 0) is 24.3 Å². The fourth-order valence-corrected chi connectivity index (χ4v) is 2.49. The lowest BCUT2D eigenvalue weighted by atomic mass is 10.2. The average molecular weight is 380 g/mol. The summed E-state index contributed by atoms with van der Waals surface area (Å²) in [5.41, 5.74) is 12.7. The van der Waals surface area contributed by atoms with Gasteiger partial charge in [-0.25, -0.2) is 9.97 Å². The molecular weight excluding hydrogens is 360 g/mol. The van der Waals surface area contributed by atoms with Gasteiger partial charge < -0.3 is 20.5 Å². The number of amides is 1. The SMILES string of the molecule is COc1ccccc1Nc1ncnc(NNC(=O)c2ccccc2OC)c1N. The number of hydrogen-bond acceptors (Lipinski definition) is 8. The van der Waals surface area contributed by atoms with Crippen molar-refractivity contribution in [3.63, 3.8) is 0 Å². The lowest BCUT2D eigenvalue weighted by Crippen LogP contribution is -2.30. The molecule has 0 saturated carbocycles. The van der Waals surface area contributed by atoms with E-state index < -0.39 is 5.91 Å². The predicted molar refractivity (Wildman–Crippen MR) is 107 cm³/mol. The Bertz CT molecular complexity index is 979. The molecule has 1 heterocycles. The van der Waals surface area contributed by atoms with Gasteiger partial charge in [0.25, 0.3) is 5.91 Å². The number of aromatic nitrogens is 2. The van der Waals surface area contributed by atoms with E-state index in [-0.39, 0.29) is 11.5 Å². The highest BCUT2D eigenvalue weighted by Crippen LogP contribution is 2.30. The lowest BCUT2D eigenvalue weighted by Gasteiger charge is -2.15. The second-order valence-electron chi connectivity index (χ2n) is 5.59. The number of para-hydroxylation sites is 3. The zero-order valence-corrected chi connectivity index (χ0v) is 15.4. The number of carbonyl (C=O) groups is 1. The Kier molecular flexibility index (Phi) is 5.75. The Balaban J connectivity index is 1.75. The van der Waals surface area contributed by atoms with E-state index in [1.165, 1.54) is 13.4 Å². The fraction of sp³-hybridized carbons (Fsp3) is 0.105. The van der Waals surface area contributed by atoms with Gasteiger partial charge in [-0.15, -0.1) is 0 Å². The lowest BCUT2D eigenvalue weighted by molar-refractivity contribution is 0.0959. The van der Waals surface area contributed by atoms with Crippen LogP contribution in [0.1, 0.15) is 10.4 Å². The number of rotatable bonds is 7. The molecule has 0 saturated heterocycles. The third-order valence-electron chi connectivity index (χ3n) is 3.89. The molecule has 0 bridgehead atoms. The number of nitrogens with two attached hydrogens (primary N) is 1. The molecule has 3 rings (SSSR count). The first-order chi connectivity index (χ1) is 13.6. The summed E-state index contributed by atoms with van der Waals surface area (Å²) in [5.74, 6) is 1.31. The summed E-state index contributed by atoms with van der Waals surface area (Å²) in [6, 6.07) is 14.2. The average Bonchev–Trinajstić information content (AvgIpc) is 2.74. The molecule has 0 unspecified atom stereocenters. The van der Waals surface area contributed by atoms with Gasteiger partial charge in [0.15, 0.2) is 11.6 Å². The summed E-state index contributed by atoms with van der Waals surface area (Å²) in [5, 5.41) is 3.10. The maximum atomic E-state index is 12.4. The first-order valence-electron chi connectivity index (χ1n) is 8.34. The van der Waals surface area contributed by atoms with Gasteiger partial charge in [0.1, 0.15) is 23.5 Å². The molecule has 28 heavy (non-hydrogen) atoms. The molecular formula is C19H20N6O3. The van der Waals surface area contributed by atoms with Crippen LogP contribution >= 0.6 is 0 Å². The minimum absolute atomic E-state index is 0.230. The minimum atomic E-state index is -0.394. The number of carbonyl (C=O) groups excluding carboxylic acids is 1. The molecule has 2 aromatic carbocycles. The largest absolute Gasteiger partial charge is 0.496 e. The van der Waals surface area contributed by atoms with E-state index in [9.17, 15) is 4.79 Å². The highest BCUT2D eigenvalue weighted by molar-refractivity contribution is 5.97. The number of hydrogen-bond donors (Lipinski definition) is 4. The second kappa shape index (κ2) is 8.58. The van der Waals surface area contributed by atoms with Crippen molar-refractivity contribution in [1.82, 2.24) is 15.4 Å². The number of anilines is 4. The molecule has 1 aromatic heterocycles. The van der Waals surface area contributed by atoms with Crippen LogP contribution in [0.4, 0.5) is 23.0 Å². The maximum absolute atomic E-state index is 12.4. The molecule has 0 radical (unpaired) electrons. The van der Waals surface area contributed by atoms with Gasteiger partial charge in [-0.2, -0.15) is 0 Å². The highest BCUT2D eigenvalue weighted by atomic mass is 16.5. The maximum Gasteiger partial charge on any atom is 0.273 e. The Morgan fingerprint density at radius 2 is 1.57 bits per heavy atom. The third kappa shape index (κ3) is 4.04. The van der Waals surface area contributed by atoms with Crippen LogP contribution < -0.4 is 31.4 Å². The molecule has 0 aliphatic heterocycles. The van der Waals surface area contributed by atoms with E-state index in [1.807, 2.05) is 24.3 Å². The standard InChI is InChI=1S/C19H20N6O3/c1-27-14-9-5-3-7-12(14)19(26)25-24-18-16(20)17(21-11-22-18)23-13-8-4-6-10-15(13)28-2/h3-11H,20H2,1-2H3,(H,25,26)(H2,21,22,23,24). The number of ether oxygens (including phenoxy) is 2. The summed E-state index contributed by atoms with van der Waals surface area (Å²) in [4.78, 5) is 20.6. The van der Waals surface area contributed by atoms with Crippen molar-refractivity contribution in [3.05, 3.63) is 60.4 Å². The minimum Gasteiger partial charge on any atom is -0.496 e. The van der Waals surface area contributed by atoms with E-state index >= 15 is 0 Å². The van der Waals surface area contributed by atoms with Crippen LogP contribution in [-0.2, 0) is 0 Å². The van der Waals surface area contributed by atoms with Gasteiger partial charge >= 0.3 is 0 Å². The van der Waals surface area contributed by atoms with Crippen molar-refractivity contribution in [3.8, 4) is 11.5 Å². The molecule has 0 aliphatic rings. The normalized spacial score (nSPS) is 10.1. The van der Waals surface area contributed by atoms with Gasteiger partial charge in [0.2, 0.25) is 0 Å². The van der Waals surface area contributed by atoms with E-state index in [4.69, 9.17) is 15.2 Å². The molecule has 0 spiro atoms. The van der Waals surface area contributed by atoms with Gasteiger partial charge in [-0.1, -0.05) is 24.3 Å². The van der Waals surface area contributed by atoms with Crippen LogP contribution in [0.3, 0.4) is 0 Å². The molecule has 9 nitrogen and oxygen atoms in total. The molecule has 144 valence electrons. The topological polar surface area (TPSA) is 123 Å². The number of hydrazine groups is 1. The summed E-state index contributed by atoms with van der Waals surface area (Å²) in [6.07, 6.45) is 1.33. The molecule has 9 heteroatoms. The van der Waals surface area contributed by atoms with Crippen LogP contribution in [0.15, 0.2) is 54.9 Å². The Morgan fingerprint density at radius 1 is 0.929 bits per heavy atom. The predicted octanol–water partition coefficient (Wildman–Crippen LogP) is 2.58. The summed E-state index contributed by atoms with van der Waals surface area (Å²) >= 11 is 0. The Morgan fingerprint density at radius 3 is 2.32 bits per heavy atom. The van der Waals surface area contributed by atoms with E-state index in [1.54, 1.807) is 31.4 Å². The number of nitrogen functional groups attached to an aromatic ring is 1. The monoisotopic (exact) mass is 380 g/mol. The van der Waals surface area contributed by atoms with Crippen molar-refractivity contribution in [1.29, 1.82) is 0 Å². The van der Waals surface area contributed by atoms with Crippen LogP contribution in [-0.4, -0.2) is 30.1 Å². The van der Waals surface area contributed by atoms with Crippen LogP contribution in [0.5, 0.6) is 11.5 Å². The summed E-state index contributed by atoms with van der Waals surface area (Å²) in [7, 11) is 3.07. The van der Waals surface area contributed by atoms with Crippen molar-refractivity contribution in [2.24, 2.45) is 0 Å². The van der Waals surface area contributed by atoms with Gasteiger partial charge in [0.05, 0.1) is 25.5 Å². The van der Waals surface area contributed by atoms with Crippen LogP contribution in [0.25, 0.3) is 0 Å². The van der Waals surface area contributed by atoms with Crippen LogP contribution in [0.2, 0.25) is 0 Å². The number of nitrogens with one attached hydrogen (secondary N) is 3. The Hall–Kier alpha value is -4.01. The molecule has 1 amide bonds. The number of benzene rings is 2. The summed E-state index contributed by atoms with van der Waals surface area (Å²) in [6.45, 7) is 0. The van der Waals surface area contributed by atoms with Gasteiger partial charge in [0, 0.05) is 0 Å². The van der Waals surface area contributed by atoms with E-state index in [0.717, 1.165) is 0 Å². The Labute approximate surface area is 161 Å². The van der Waals surface area contributed by atoms with Crippen LogP contribution in [0, 0.1) is 0 Å². The highest BCUT2D eigenvalue weighted by Gasteiger charge is 2.14. The summed E-state index contributed by atoms with van der Waals surface area (Å²) < 4.78 is 10.5. The first-order valence-corrected chi connectivity index (χ1v) is 8.34. The third-order valence-corrected chi connectivity index (χ3v) is 3.89. The van der Waals surface area contributed by atoms with E-state index in [0.29, 0.717) is 28.6 Å². The molecule has 0 atom stereocenters. The smallest absolute Gasteiger partial charge is 0.273 e. The molecule has 3 aromatic rings. The molecule has 5 N–H and O–H groups in total. The fourth-order valence-electron chi connectivity index (χ4n) is 2.49. The quantitative estimate of drug-likeness (QED) is 0.461. The zero-order chi connectivity index (χ0) is 19.9.